The third-order valence-corrected chi connectivity index (χ3v) is 5.52. The van der Waals surface area contributed by atoms with Crippen LogP contribution in [0.15, 0.2) is 78.9 Å². The molecule has 0 heterocycles. The molecule has 5 nitrogen and oxygen atoms in total. The van der Waals surface area contributed by atoms with E-state index in [2.05, 4.69) is 5.32 Å². The fraction of sp³-hybridized carbons (Fsp3) is 0.310. The first-order valence-electron chi connectivity index (χ1n) is 11.7. The first-order valence-corrected chi connectivity index (χ1v) is 11.7. The van der Waals surface area contributed by atoms with E-state index in [-0.39, 0.29) is 24.5 Å². The summed E-state index contributed by atoms with van der Waals surface area (Å²) in [6.45, 7) is 8.04. The van der Waals surface area contributed by atoms with Crippen molar-refractivity contribution in [3.63, 3.8) is 0 Å². The van der Waals surface area contributed by atoms with Crippen molar-refractivity contribution in [3.8, 4) is 5.75 Å². The number of hydrogen-bond donors (Lipinski definition) is 1. The van der Waals surface area contributed by atoms with E-state index in [0.717, 1.165) is 22.3 Å². The van der Waals surface area contributed by atoms with Gasteiger partial charge in [-0.25, -0.2) is 0 Å². The van der Waals surface area contributed by atoms with E-state index in [1.165, 1.54) is 0 Å². The first kappa shape index (κ1) is 25.0. The van der Waals surface area contributed by atoms with Crippen LogP contribution < -0.4 is 10.1 Å². The summed E-state index contributed by atoms with van der Waals surface area (Å²) in [4.78, 5) is 28.5. The van der Waals surface area contributed by atoms with E-state index in [1.54, 1.807) is 4.90 Å². The Labute approximate surface area is 202 Å². The summed E-state index contributed by atoms with van der Waals surface area (Å²) in [5.41, 5.74) is 4.19. The topological polar surface area (TPSA) is 58.6 Å². The zero-order valence-electron chi connectivity index (χ0n) is 20.5. The quantitative estimate of drug-likeness (QED) is 0.473. The van der Waals surface area contributed by atoms with Crippen LogP contribution in [0.25, 0.3) is 0 Å². The van der Waals surface area contributed by atoms with Crippen LogP contribution in [0.5, 0.6) is 5.75 Å². The van der Waals surface area contributed by atoms with Crippen LogP contribution in [0.1, 0.15) is 36.1 Å². The molecule has 34 heavy (non-hydrogen) atoms. The average Bonchev–Trinajstić information content (AvgIpc) is 2.81. The van der Waals surface area contributed by atoms with Gasteiger partial charge < -0.3 is 15.0 Å². The van der Waals surface area contributed by atoms with Gasteiger partial charge in [-0.3, -0.25) is 9.59 Å². The standard InChI is InChI=1S/C29H34N2O3/c1-21(2)30-29(33)27(18-24-10-6-5-7-11-24)31(19-25-12-8-9-23(4)17-25)28(32)20-34-26-15-13-22(3)14-16-26/h5-17,21,27H,18-20H2,1-4H3,(H,30,33). The highest BCUT2D eigenvalue weighted by Gasteiger charge is 2.31. The van der Waals surface area contributed by atoms with Crippen LogP contribution in [0.2, 0.25) is 0 Å². The molecule has 0 aliphatic rings. The van der Waals surface area contributed by atoms with Gasteiger partial charge in [0.1, 0.15) is 11.8 Å². The highest BCUT2D eigenvalue weighted by molar-refractivity contribution is 5.88. The molecule has 5 heteroatoms. The van der Waals surface area contributed by atoms with Gasteiger partial charge in [-0.1, -0.05) is 77.9 Å². The van der Waals surface area contributed by atoms with E-state index < -0.39 is 6.04 Å². The number of hydrogen-bond acceptors (Lipinski definition) is 3. The van der Waals surface area contributed by atoms with Crippen LogP contribution in [0, 0.1) is 13.8 Å². The highest BCUT2D eigenvalue weighted by atomic mass is 16.5. The van der Waals surface area contributed by atoms with Crippen LogP contribution in [-0.2, 0) is 22.6 Å². The molecule has 0 bridgehead atoms. The second kappa shape index (κ2) is 12.0. The fourth-order valence-corrected chi connectivity index (χ4v) is 3.80. The lowest BCUT2D eigenvalue weighted by molar-refractivity contribution is -0.143. The third kappa shape index (κ3) is 7.48. The van der Waals surface area contributed by atoms with Gasteiger partial charge in [-0.05, 0) is 51.0 Å². The number of nitrogens with one attached hydrogen (secondary N) is 1. The predicted octanol–water partition coefficient (Wildman–Crippen LogP) is 4.85. The molecule has 0 saturated heterocycles. The second-order valence-corrected chi connectivity index (χ2v) is 8.98. The molecular formula is C29H34N2O3. The van der Waals surface area contributed by atoms with E-state index >= 15 is 0 Å². The van der Waals surface area contributed by atoms with Gasteiger partial charge in [-0.2, -0.15) is 0 Å². The summed E-state index contributed by atoms with van der Waals surface area (Å²) >= 11 is 0. The summed E-state index contributed by atoms with van der Waals surface area (Å²) in [6.07, 6.45) is 0.418. The van der Waals surface area contributed by atoms with Gasteiger partial charge in [0.15, 0.2) is 6.61 Å². The zero-order chi connectivity index (χ0) is 24.5. The maximum atomic E-state index is 13.5. The van der Waals surface area contributed by atoms with Crippen molar-refractivity contribution in [1.82, 2.24) is 10.2 Å². The molecule has 3 aromatic carbocycles. The van der Waals surface area contributed by atoms with Gasteiger partial charge in [0.2, 0.25) is 5.91 Å². The van der Waals surface area contributed by atoms with Crippen molar-refractivity contribution in [2.24, 2.45) is 0 Å². The Bertz CT molecular complexity index is 1080. The SMILES string of the molecule is Cc1ccc(OCC(=O)N(Cc2cccc(C)c2)C(Cc2ccccc2)C(=O)NC(C)C)cc1. The molecule has 0 aliphatic heterocycles. The van der Waals surface area contributed by atoms with Crippen molar-refractivity contribution in [1.29, 1.82) is 0 Å². The molecular weight excluding hydrogens is 424 g/mol. The minimum absolute atomic E-state index is 0.0366. The Morgan fingerprint density at radius 2 is 1.53 bits per heavy atom. The highest BCUT2D eigenvalue weighted by Crippen LogP contribution is 2.17. The van der Waals surface area contributed by atoms with Gasteiger partial charge in [0.25, 0.3) is 5.91 Å². The lowest BCUT2D eigenvalue weighted by atomic mass is 10.0. The van der Waals surface area contributed by atoms with E-state index in [4.69, 9.17) is 4.74 Å². The smallest absolute Gasteiger partial charge is 0.261 e. The average molecular weight is 459 g/mol. The molecule has 1 unspecified atom stereocenters. The Morgan fingerprint density at radius 3 is 2.18 bits per heavy atom. The molecule has 1 N–H and O–H groups in total. The number of carbonyl (C=O) groups excluding carboxylic acids is 2. The minimum atomic E-state index is -0.667. The lowest BCUT2D eigenvalue weighted by Gasteiger charge is -2.32. The monoisotopic (exact) mass is 458 g/mol. The number of ether oxygens (including phenoxy) is 1. The van der Waals surface area contributed by atoms with E-state index in [1.807, 2.05) is 107 Å². The Balaban J connectivity index is 1.90. The zero-order valence-corrected chi connectivity index (χ0v) is 20.5. The van der Waals surface area contributed by atoms with Gasteiger partial charge in [0, 0.05) is 19.0 Å². The number of nitrogens with zero attached hydrogens (tertiary/aromatic N) is 1. The summed E-state index contributed by atoms with van der Waals surface area (Å²) in [5, 5.41) is 3.00. The molecule has 0 fully saturated rings. The number of rotatable bonds is 10. The summed E-state index contributed by atoms with van der Waals surface area (Å²) < 4.78 is 5.80. The lowest BCUT2D eigenvalue weighted by Crippen LogP contribution is -2.52. The molecule has 0 radical (unpaired) electrons. The molecule has 2 amide bonds. The van der Waals surface area contributed by atoms with Crippen molar-refractivity contribution in [3.05, 3.63) is 101 Å². The summed E-state index contributed by atoms with van der Waals surface area (Å²) in [5.74, 6) is 0.220. The van der Waals surface area contributed by atoms with E-state index in [9.17, 15) is 9.59 Å². The largest absolute Gasteiger partial charge is 0.484 e. The maximum Gasteiger partial charge on any atom is 0.261 e. The molecule has 0 aliphatic carbocycles. The minimum Gasteiger partial charge on any atom is -0.484 e. The molecule has 0 aromatic heterocycles. The molecule has 0 saturated carbocycles. The molecule has 0 spiro atoms. The van der Waals surface area contributed by atoms with Crippen LogP contribution >= 0.6 is 0 Å². The fourth-order valence-electron chi connectivity index (χ4n) is 3.80. The third-order valence-electron chi connectivity index (χ3n) is 5.52. The predicted molar refractivity (Wildman–Crippen MR) is 136 cm³/mol. The van der Waals surface area contributed by atoms with Gasteiger partial charge in [0.05, 0.1) is 0 Å². The number of aryl methyl sites for hydroxylation is 2. The maximum absolute atomic E-state index is 13.5. The van der Waals surface area contributed by atoms with Crippen molar-refractivity contribution in [2.45, 2.75) is 52.7 Å². The summed E-state index contributed by atoms with van der Waals surface area (Å²) in [6, 6.07) is 24.7. The van der Waals surface area contributed by atoms with Crippen LogP contribution in [-0.4, -0.2) is 35.4 Å². The number of carbonyl (C=O) groups is 2. The second-order valence-electron chi connectivity index (χ2n) is 8.98. The van der Waals surface area contributed by atoms with Crippen LogP contribution in [0.3, 0.4) is 0 Å². The molecule has 1 atom stereocenters. The van der Waals surface area contributed by atoms with Crippen molar-refractivity contribution < 1.29 is 14.3 Å². The molecule has 3 rings (SSSR count). The van der Waals surface area contributed by atoms with Crippen molar-refractivity contribution in [2.75, 3.05) is 6.61 Å². The molecule has 3 aromatic rings. The Morgan fingerprint density at radius 1 is 0.853 bits per heavy atom. The van der Waals surface area contributed by atoms with Gasteiger partial charge >= 0.3 is 0 Å². The van der Waals surface area contributed by atoms with Crippen molar-refractivity contribution >= 4 is 11.8 Å². The first-order chi connectivity index (χ1) is 16.3. The van der Waals surface area contributed by atoms with Gasteiger partial charge in [-0.15, -0.1) is 0 Å². The normalized spacial score (nSPS) is 11.7. The summed E-state index contributed by atoms with van der Waals surface area (Å²) in [7, 11) is 0. The number of benzene rings is 3. The van der Waals surface area contributed by atoms with Crippen LogP contribution in [0.4, 0.5) is 0 Å². The Kier molecular flexibility index (Phi) is 8.86. The number of amides is 2. The Hall–Kier alpha value is -3.60. The molecule has 178 valence electrons. The van der Waals surface area contributed by atoms with E-state index in [0.29, 0.717) is 18.7 Å².